The van der Waals surface area contributed by atoms with E-state index in [1.165, 1.54) is 22.7 Å². The number of thiophene rings is 1. The minimum atomic E-state index is -0.226. The summed E-state index contributed by atoms with van der Waals surface area (Å²) in [6.45, 7) is 4.14. The lowest BCUT2D eigenvalue weighted by Crippen LogP contribution is -2.35. The second kappa shape index (κ2) is 8.24. The van der Waals surface area contributed by atoms with Crippen LogP contribution in [0.25, 0.3) is 9.88 Å². The van der Waals surface area contributed by atoms with Gasteiger partial charge >= 0.3 is 0 Å². The number of hydrogen-bond donors (Lipinski definition) is 1. The summed E-state index contributed by atoms with van der Waals surface area (Å²) in [6.07, 6.45) is 0. The van der Waals surface area contributed by atoms with Crippen LogP contribution in [0.3, 0.4) is 0 Å². The third-order valence-corrected chi connectivity index (χ3v) is 7.29. The Bertz CT molecular complexity index is 901. The van der Waals surface area contributed by atoms with Gasteiger partial charge in [0.2, 0.25) is 0 Å². The van der Waals surface area contributed by atoms with Gasteiger partial charge in [-0.05, 0) is 22.0 Å². The Hall–Kier alpha value is -1.17. The molecule has 1 amide bonds. The Labute approximate surface area is 171 Å². The van der Waals surface area contributed by atoms with Crippen LogP contribution in [0.5, 0.6) is 0 Å². The number of rotatable bonds is 5. The van der Waals surface area contributed by atoms with Crippen molar-refractivity contribution < 1.29 is 9.53 Å². The van der Waals surface area contributed by atoms with Crippen LogP contribution < -0.4 is 5.32 Å². The molecule has 3 aromatic heterocycles. The van der Waals surface area contributed by atoms with Crippen molar-refractivity contribution in [2.24, 2.45) is 0 Å². The molecule has 136 valence electrons. The zero-order valence-electron chi connectivity index (χ0n) is 13.6. The average molecular weight is 471 g/mol. The molecule has 1 aliphatic rings. The predicted molar refractivity (Wildman–Crippen MR) is 109 cm³/mol. The van der Waals surface area contributed by atoms with Crippen molar-refractivity contribution in [3.8, 4) is 9.88 Å². The molecule has 1 aliphatic heterocycles. The van der Waals surface area contributed by atoms with Crippen LogP contribution in [0, 0.1) is 0 Å². The van der Waals surface area contributed by atoms with Gasteiger partial charge in [0.25, 0.3) is 5.91 Å². The van der Waals surface area contributed by atoms with E-state index in [4.69, 9.17) is 4.74 Å². The number of halogens is 1. The summed E-state index contributed by atoms with van der Waals surface area (Å²) in [5, 5.41) is 10.1. The number of nitrogens with zero attached hydrogens (tertiary/aromatic N) is 3. The number of amides is 1. The van der Waals surface area contributed by atoms with Gasteiger partial charge in [0.1, 0.15) is 10.7 Å². The first-order chi connectivity index (χ1) is 12.7. The van der Waals surface area contributed by atoms with Gasteiger partial charge < -0.3 is 4.74 Å². The molecule has 0 radical (unpaired) electrons. The van der Waals surface area contributed by atoms with Gasteiger partial charge in [-0.25, -0.2) is 9.97 Å². The highest BCUT2D eigenvalue weighted by molar-refractivity contribution is 9.10. The van der Waals surface area contributed by atoms with Crippen LogP contribution in [-0.4, -0.2) is 47.1 Å². The Kier molecular flexibility index (Phi) is 5.77. The lowest BCUT2D eigenvalue weighted by molar-refractivity contribution is 0.0337. The Balaban J connectivity index is 1.38. The van der Waals surface area contributed by atoms with Crippen molar-refractivity contribution >= 4 is 61.0 Å². The molecule has 1 fully saturated rings. The summed E-state index contributed by atoms with van der Waals surface area (Å²) >= 11 is 7.94. The van der Waals surface area contributed by atoms with Gasteiger partial charge in [0, 0.05) is 40.2 Å². The van der Waals surface area contributed by atoms with E-state index >= 15 is 0 Å². The maximum Gasteiger partial charge on any atom is 0.276 e. The Morgan fingerprint density at radius 3 is 2.81 bits per heavy atom. The van der Waals surface area contributed by atoms with Crippen LogP contribution in [0.15, 0.2) is 26.7 Å². The maximum atomic E-state index is 12.4. The summed E-state index contributed by atoms with van der Waals surface area (Å²) < 4.78 is 6.38. The molecule has 0 saturated carbocycles. The molecule has 1 saturated heterocycles. The summed E-state index contributed by atoms with van der Waals surface area (Å²) in [7, 11) is 0. The van der Waals surface area contributed by atoms with Crippen molar-refractivity contribution in [3.63, 3.8) is 0 Å². The van der Waals surface area contributed by atoms with Gasteiger partial charge in [0.15, 0.2) is 5.13 Å². The molecule has 0 atom stereocenters. The summed E-state index contributed by atoms with van der Waals surface area (Å²) in [6, 6.07) is 2.00. The van der Waals surface area contributed by atoms with Crippen molar-refractivity contribution in [1.29, 1.82) is 0 Å². The lowest BCUT2D eigenvalue weighted by atomic mass is 10.4. The van der Waals surface area contributed by atoms with Crippen molar-refractivity contribution in [3.05, 3.63) is 38.1 Å². The number of ether oxygens (including phenoxy) is 1. The lowest BCUT2D eigenvalue weighted by Gasteiger charge is -2.25. The molecule has 0 bridgehead atoms. The number of thiazole rings is 2. The number of morpholine rings is 1. The summed E-state index contributed by atoms with van der Waals surface area (Å²) in [5.74, 6) is -0.226. The van der Waals surface area contributed by atoms with Gasteiger partial charge in [-0.15, -0.1) is 34.0 Å². The van der Waals surface area contributed by atoms with E-state index in [0.717, 1.165) is 52.9 Å². The number of carbonyl (C=O) groups is 1. The maximum absolute atomic E-state index is 12.4. The molecule has 4 rings (SSSR count). The first-order valence-electron chi connectivity index (χ1n) is 7.93. The second-order valence-corrected chi connectivity index (χ2v) is 9.20. The molecular weight excluding hydrogens is 456 g/mol. The highest BCUT2D eigenvalue weighted by atomic mass is 79.9. The van der Waals surface area contributed by atoms with Crippen molar-refractivity contribution in [2.45, 2.75) is 6.54 Å². The first-order valence-corrected chi connectivity index (χ1v) is 11.4. The van der Waals surface area contributed by atoms with E-state index in [0.29, 0.717) is 10.8 Å². The van der Waals surface area contributed by atoms with Gasteiger partial charge in [-0.3, -0.25) is 15.0 Å². The third kappa shape index (κ3) is 4.38. The zero-order valence-corrected chi connectivity index (χ0v) is 17.6. The van der Waals surface area contributed by atoms with Crippen molar-refractivity contribution in [2.75, 3.05) is 31.6 Å². The van der Waals surface area contributed by atoms with E-state index in [9.17, 15) is 4.79 Å². The van der Waals surface area contributed by atoms with Crippen LogP contribution in [0.4, 0.5) is 5.13 Å². The van der Waals surface area contributed by atoms with Crippen LogP contribution >= 0.6 is 49.9 Å². The van der Waals surface area contributed by atoms with Gasteiger partial charge in [-0.2, -0.15) is 0 Å². The largest absolute Gasteiger partial charge is 0.379 e. The molecule has 0 spiro atoms. The third-order valence-electron chi connectivity index (χ3n) is 3.78. The normalized spacial score (nSPS) is 15.3. The van der Waals surface area contributed by atoms with E-state index in [2.05, 4.69) is 36.1 Å². The quantitative estimate of drug-likeness (QED) is 0.605. The highest BCUT2D eigenvalue weighted by Gasteiger charge is 2.16. The zero-order chi connectivity index (χ0) is 17.9. The number of anilines is 1. The fourth-order valence-corrected chi connectivity index (χ4v) is 5.51. The fourth-order valence-electron chi connectivity index (χ4n) is 2.50. The SMILES string of the molecule is O=C(Nc1nc(CN2CCOCC2)cs1)c1csc(-c2cc(Br)cs2)n1. The molecule has 0 unspecified atom stereocenters. The minimum Gasteiger partial charge on any atom is -0.379 e. The van der Waals surface area contributed by atoms with E-state index < -0.39 is 0 Å². The average Bonchev–Trinajstić information content (AvgIpc) is 3.37. The van der Waals surface area contributed by atoms with Crippen LogP contribution in [0.2, 0.25) is 0 Å². The molecule has 3 aromatic rings. The Morgan fingerprint density at radius 2 is 2.04 bits per heavy atom. The Morgan fingerprint density at radius 1 is 1.19 bits per heavy atom. The van der Waals surface area contributed by atoms with E-state index in [1.807, 2.05) is 16.8 Å². The summed E-state index contributed by atoms with van der Waals surface area (Å²) in [5.41, 5.74) is 1.38. The van der Waals surface area contributed by atoms with E-state index in [-0.39, 0.29) is 5.91 Å². The van der Waals surface area contributed by atoms with Crippen LogP contribution in [-0.2, 0) is 11.3 Å². The monoisotopic (exact) mass is 470 g/mol. The number of carbonyl (C=O) groups excluding carboxylic acids is 1. The van der Waals surface area contributed by atoms with Crippen LogP contribution in [0.1, 0.15) is 16.2 Å². The smallest absolute Gasteiger partial charge is 0.276 e. The molecule has 26 heavy (non-hydrogen) atoms. The van der Waals surface area contributed by atoms with Gasteiger partial charge in [-0.1, -0.05) is 0 Å². The number of nitrogens with one attached hydrogen (secondary N) is 1. The fraction of sp³-hybridized carbons (Fsp3) is 0.312. The molecule has 1 N–H and O–H groups in total. The number of aromatic nitrogens is 2. The summed E-state index contributed by atoms with van der Waals surface area (Å²) in [4.78, 5) is 24.7. The predicted octanol–water partition coefficient (Wildman–Crippen LogP) is 4.18. The topological polar surface area (TPSA) is 67.4 Å². The highest BCUT2D eigenvalue weighted by Crippen LogP contribution is 2.32. The van der Waals surface area contributed by atoms with Gasteiger partial charge in [0.05, 0.1) is 23.8 Å². The standard InChI is InChI=1S/C16H15BrN4O2S3/c17-10-5-13(24-7-10)15-19-12(9-25-15)14(22)20-16-18-11(8-26-16)6-21-1-3-23-4-2-21/h5,7-9H,1-4,6H2,(H,18,20,22). The molecular formula is C16H15BrN4O2S3. The minimum absolute atomic E-state index is 0.226. The second-order valence-electron chi connectivity index (χ2n) is 5.65. The molecule has 4 heterocycles. The molecule has 10 heteroatoms. The molecule has 6 nitrogen and oxygen atoms in total. The van der Waals surface area contributed by atoms with Crippen molar-refractivity contribution in [1.82, 2.24) is 14.9 Å². The van der Waals surface area contributed by atoms with E-state index in [1.54, 1.807) is 16.7 Å². The molecule has 0 aromatic carbocycles. The molecule has 0 aliphatic carbocycles. The first kappa shape index (κ1) is 18.2. The number of hydrogen-bond acceptors (Lipinski definition) is 8.